The fourth-order valence-corrected chi connectivity index (χ4v) is 1.24. The topological polar surface area (TPSA) is 9.23 Å². The number of hydrogen-bond acceptors (Lipinski definition) is 1. The van der Waals surface area contributed by atoms with Crippen molar-refractivity contribution in [3.05, 3.63) is 29.3 Å². The standard InChI is InChI=1S/C12H17O.BrH.Mg/c1-5-11(4)13-12-7-9(2)6-10(3)8-12;;/h7-8,11H,5H2,1-4H3;1H;/q-1;;+2/p-1. The van der Waals surface area contributed by atoms with Crippen LogP contribution in [0.5, 0.6) is 5.75 Å². The Morgan fingerprint density at radius 3 is 2.13 bits per heavy atom. The smallest absolute Gasteiger partial charge is 1.00 e. The molecule has 15 heavy (non-hydrogen) atoms. The molecule has 0 saturated carbocycles. The second-order valence-electron chi connectivity index (χ2n) is 3.52. The monoisotopic (exact) mass is 280 g/mol. The maximum Gasteiger partial charge on any atom is 2.00 e. The molecule has 1 aromatic carbocycles. The van der Waals surface area contributed by atoms with E-state index in [4.69, 9.17) is 4.74 Å². The fourth-order valence-electron chi connectivity index (χ4n) is 1.24. The van der Waals surface area contributed by atoms with Crippen LogP contribution in [0, 0.1) is 19.9 Å². The molecule has 0 fully saturated rings. The van der Waals surface area contributed by atoms with Crippen LogP contribution in [0.3, 0.4) is 0 Å². The molecule has 0 amide bonds. The fraction of sp³-hybridized carbons (Fsp3) is 0.500. The van der Waals surface area contributed by atoms with E-state index in [1.165, 1.54) is 0 Å². The van der Waals surface area contributed by atoms with Crippen molar-refractivity contribution >= 4 is 23.1 Å². The van der Waals surface area contributed by atoms with Crippen molar-refractivity contribution in [3.8, 4) is 5.75 Å². The average molecular weight is 281 g/mol. The first-order chi connectivity index (χ1) is 6.11. The van der Waals surface area contributed by atoms with E-state index in [2.05, 4.69) is 19.9 Å². The predicted molar refractivity (Wildman–Crippen MR) is 60.9 cm³/mol. The molecule has 0 aliphatic carbocycles. The first kappa shape index (κ1) is 17.7. The Morgan fingerprint density at radius 1 is 1.27 bits per heavy atom. The van der Waals surface area contributed by atoms with Crippen molar-refractivity contribution in [1.29, 1.82) is 0 Å². The van der Waals surface area contributed by atoms with Gasteiger partial charge in [-0.2, -0.15) is 17.2 Å². The van der Waals surface area contributed by atoms with Crippen LogP contribution in [-0.4, -0.2) is 29.2 Å². The molecule has 1 atom stereocenters. The Labute approximate surface area is 120 Å². The molecule has 0 aromatic heterocycles. The van der Waals surface area contributed by atoms with Crippen LogP contribution in [0.1, 0.15) is 31.4 Å². The third-order valence-corrected chi connectivity index (χ3v) is 2.02. The van der Waals surface area contributed by atoms with Crippen LogP contribution < -0.4 is 21.7 Å². The van der Waals surface area contributed by atoms with Gasteiger partial charge in [0, 0.05) is 5.75 Å². The van der Waals surface area contributed by atoms with Crippen LogP contribution in [0.2, 0.25) is 0 Å². The largest absolute Gasteiger partial charge is 2.00 e. The van der Waals surface area contributed by atoms with Gasteiger partial charge in [0.2, 0.25) is 0 Å². The van der Waals surface area contributed by atoms with E-state index in [-0.39, 0.29) is 40.0 Å². The first-order valence-electron chi connectivity index (χ1n) is 4.79. The number of benzene rings is 1. The molecule has 1 rings (SSSR count). The minimum absolute atomic E-state index is 0. The number of rotatable bonds is 3. The number of halogens is 1. The summed E-state index contributed by atoms with van der Waals surface area (Å²) in [6.45, 7) is 8.29. The molecule has 0 N–H and O–H groups in total. The van der Waals surface area contributed by atoms with Crippen molar-refractivity contribution in [2.75, 3.05) is 0 Å². The predicted octanol–water partition coefficient (Wildman–Crippen LogP) is -0.0959. The summed E-state index contributed by atoms with van der Waals surface area (Å²) in [5.74, 6) is 0.961. The first-order valence-corrected chi connectivity index (χ1v) is 4.79. The van der Waals surface area contributed by atoms with E-state index < -0.39 is 0 Å². The SMILES string of the molecule is CCC(C)Oc1cc(C)[c-]c(C)c1.[Br-].[Mg+2]. The van der Waals surface area contributed by atoms with Gasteiger partial charge in [0.05, 0.1) is 6.10 Å². The molecule has 3 heteroatoms. The van der Waals surface area contributed by atoms with Crippen LogP contribution in [-0.2, 0) is 0 Å². The second kappa shape index (κ2) is 8.42. The maximum atomic E-state index is 5.71. The Morgan fingerprint density at radius 2 is 1.73 bits per heavy atom. The van der Waals surface area contributed by atoms with Crippen LogP contribution in [0.15, 0.2) is 12.1 Å². The minimum atomic E-state index is 0. The summed E-state index contributed by atoms with van der Waals surface area (Å²) < 4.78 is 5.71. The van der Waals surface area contributed by atoms with Crippen molar-refractivity contribution in [3.63, 3.8) is 0 Å². The van der Waals surface area contributed by atoms with Gasteiger partial charge < -0.3 is 21.7 Å². The van der Waals surface area contributed by atoms with Gasteiger partial charge in [0.1, 0.15) is 0 Å². The van der Waals surface area contributed by atoms with Gasteiger partial charge in [0.25, 0.3) is 0 Å². The Bertz CT molecular complexity index is 269. The molecule has 0 bridgehead atoms. The van der Waals surface area contributed by atoms with Crippen molar-refractivity contribution in [2.45, 2.75) is 40.2 Å². The van der Waals surface area contributed by atoms with Crippen molar-refractivity contribution in [2.24, 2.45) is 0 Å². The summed E-state index contributed by atoms with van der Waals surface area (Å²) >= 11 is 0. The Hall–Kier alpha value is 0.266. The third-order valence-electron chi connectivity index (χ3n) is 2.02. The van der Waals surface area contributed by atoms with Gasteiger partial charge in [-0.25, -0.2) is 0 Å². The van der Waals surface area contributed by atoms with Crippen LogP contribution >= 0.6 is 0 Å². The van der Waals surface area contributed by atoms with Gasteiger partial charge in [-0.1, -0.05) is 20.8 Å². The molecular formula is C12H17BrMgO. The van der Waals surface area contributed by atoms with Gasteiger partial charge in [-0.05, 0) is 13.3 Å². The van der Waals surface area contributed by atoms with Crippen molar-refractivity contribution in [1.82, 2.24) is 0 Å². The van der Waals surface area contributed by atoms with Gasteiger partial charge in [-0.3, -0.25) is 0 Å². The second-order valence-corrected chi connectivity index (χ2v) is 3.52. The molecule has 0 heterocycles. The Kier molecular flexibility index (Phi) is 9.91. The molecule has 0 spiro atoms. The average Bonchev–Trinajstić information content (AvgIpc) is 2.02. The summed E-state index contributed by atoms with van der Waals surface area (Å²) in [6, 6.07) is 7.28. The summed E-state index contributed by atoms with van der Waals surface area (Å²) in [5.41, 5.74) is 2.27. The molecule has 0 aliphatic rings. The molecule has 0 saturated heterocycles. The molecule has 80 valence electrons. The molecule has 1 nitrogen and oxygen atoms in total. The summed E-state index contributed by atoms with van der Waals surface area (Å²) in [5, 5.41) is 0. The van der Waals surface area contributed by atoms with Crippen LogP contribution in [0.4, 0.5) is 0 Å². The summed E-state index contributed by atoms with van der Waals surface area (Å²) in [6.07, 6.45) is 1.33. The van der Waals surface area contributed by atoms with E-state index in [9.17, 15) is 0 Å². The summed E-state index contributed by atoms with van der Waals surface area (Å²) in [4.78, 5) is 0. The maximum absolute atomic E-state index is 5.71. The van der Waals surface area contributed by atoms with Gasteiger partial charge >= 0.3 is 23.1 Å². The zero-order valence-electron chi connectivity index (χ0n) is 9.93. The van der Waals surface area contributed by atoms with E-state index in [1.54, 1.807) is 0 Å². The zero-order chi connectivity index (χ0) is 9.84. The number of ether oxygens (including phenoxy) is 1. The zero-order valence-corrected chi connectivity index (χ0v) is 12.9. The van der Waals surface area contributed by atoms with E-state index >= 15 is 0 Å². The van der Waals surface area contributed by atoms with Crippen LogP contribution in [0.25, 0.3) is 0 Å². The number of aryl methyl sites for hydroxylation is 2. The number of hydrogen-bond donors (Lipinski definition) is 0. The summed E-state index contributed by atoms with van der Waals surface area (Å²) in [7, 11) is 0. The van der Waals surface area contributed by atoms with Gasteiger partial charge in [-0.15, -0.1) is 12.1 Å². The molecule has 1 aromatic rings. The van der Waals surface area contributed by atoms with E-state index in [0.717, 1.165) is 23.3 Å². The minimum Gasteiger partial charge on any atom is -1.00 e. The van der Waals surface area contributed by atoms with Crippen molar-refractivity contribution < 1.29 is 21.7 Å². The third kappa shape index (κ3) is 6.43. The molecule has 0 radical (unpaired) electrons. The molecule has 1 unspecified atom stereocenters. The molecular weight excluding hydrogens is 264 g/mol. The van der Waals surface area contributed by atoms with Gasteiger partial charge in [0.15, 0.2) is 0 Å². The van der Waals surface area contributed by atoms with E-state index in [0.29, 0.717) is 6.10 Å². The normalized spacial score (nSPS) is 10.9. The quantitative estimate of drug-likeness (QED) is 0.556. The molecule has 0 aliphatic heterocycles. The Balaban J connectivity index is 0. The van der Waals surface area contributed by atoms with E-state index in [1.807, 2.05) is 26.0 Å².